The first-order valence-corrected chi connectivity index (χ1v) is 10.5. The van der Waals surface area contributed by atoms with Crippen molar-refractivity contribution in [3.63, 3.8) is 0 Å². The lowest BCUT2D eigenvalue weighted by Gasteiger charge is -2.16. The van der Waals surface area contributed by atoms with Crippen molar-refractivity contribution in [1.82, 2.24) is 4.90 Å². The minimum atomic E-state index is -0.375. The maximum absolute atomic E-state index is 12.3. The van der Waals surface area contributed by atoms with Gasteiger partial charge in [-0.2, -0.15) is 0 Å². The zero-order chi connectivity index (χ0) is 18.3. The molecule has 1 amide bonds. The van der Waals surface area contributed by atoms with E-state index in [2.05, 4.69) is 6.92 Å². The highest BCUT2D eigenvalue weighted by molar-refractivity contribution is 6.02. The average Bonchev–Trinajstić information content (AvgIpc) is 2.97. The molecule has 4 heteroatoms. The van der Waals surface area contributed by atoms with E-state index in [0.29, 0.717) is 19.4 Å². The summed E-state index contributed by atoms with van der Waals surface area (Å²) in [6, 6.07) is 0. The number of carbonyl (C=O) groups is 2. The van der Waals surface area contributed by atoms with Gasteiger partial charge in [0.2, 0.25) is 5.91 Å². The van der Waals surface area contributed by atoms with Crippen molar-refractivity contribution >= 4 is 11.7 Å². The summed E-state index contributed by atoms with van der Waals surface area (Å²) in [4.78, 5) is 26.4. The molecule has 1 unspecified atom stereocenters. The highest BCUT2D eigenvalue weighted by atomic mass is 16.5. The van der Waals surface area contributed by atoms with Gasteiger partial charge in [0.15, 0.2) is 0 Å². The summed E-state index contributed by atoms with van der Waals surface area (Å²) in [7, 11) is 1.64. The fraction of sp³-hybridized carbons (Fsp3) is 0.905. The van der Waals surface area contributed by atoms with E-state index >= 15 is 0 Å². The van der Waals surface area contributed by atoms with Crippen molar-refractivity contribution in [2.75, 3.05) is 26.8 Å². The number of hydrogen-bond donors (Lipinski definition) is 0. The Morgan fingerprint density at radius 2 is 1.60 bits per heavy atom. The molecule has 146 valence electrons. The molecule has 0 N–H and O–H groups in total. The number of unbranched alkanes of at least 4 members (excludes halogenated alkanes) is 9. The number of ether oxygens (including phenoxy) is 1. The molecule has 0 aromatic heterocycles. The minimum absolute atomic E-state index is 0.0679. The minimum Gasteiger partial charge on any atom is -0.385 e. The summed E-state index contributed by atoms with van der Waals surface area (Å²) in [5.41, 5.74) is 0. The van der Waals surface area contributed by atoms with Crippen LogP contribution in [0, 0.1) is 5.92 Å². The van der Waals surface area contributed by atoms with Crippen LogP contribution in [0.1, 0.15) is 90.4 Å². The summed E-state index contributed by atoms with van der Waals surface area (Å²) in [6.07, 6.45) is 15.0. The molecule has 0 aromatic carbocycles. The Morgan fingerprint density at radius 3 is 2.20 bits per heavy atom. The molecule has 1 aliphatic heterocycles. The zero-order valence-electron chi connectivity index (χ0n) is 16.6. The predicted octanol–water partition coefficient (Wildman–Crippen LogP) is 4.75. The van der Waals surface area contributed by atoms with Crippen molar-refractivity contribution < 1.29 is 14.3 Å². The van der Waals surface area contributed by atoms with Gasteiger partial charge in [-0.1, -0.05) is 64.7 Å². The Bertz CT molecular complexity index is 370. The summed E-state index contributed by atoms with van der Waals surface area (Å²) in [5, 5.41) is 0. The number of amides is 1. The van der Waals surface area contributed by atoms with Gasteiger partial charge in [0, 0.05) is 33.2 Å². The van der Waals surface area contributed by atoms with Crippen LogP contribution in [0.3, 0.4) is 0 Å². The van der Waals surface area contributed by atoms with Gasteiger partial charge in [-0.25, -0.2) is 0 Å². The van der Waals surface area contributed by atoms with Gasteiger partial charge >= 0.3 is 0 Å². The number of rotatable bonds is 16. The van der Waals surface area contributed by atoms with Crippen LogP contribution in [-0.2, 0) is 14.3 Å². The van der Waals surface area contributed by atoms with Gasteiger partial charge in [0.25, 0.3) is 0 Å². The summed E-state index contributed by atoms with van der Waals surface area (Å²) >= 11 is 0. The van der Waals surface area contributed by atoms with Gasteiger partial charge in [0.05, 0.1) is 5.92 Å². The molecule has 1 rings (SSSR count). The lowest BCUT2D eigenvalue weighted by Crippen LogP contribution is -2.31. The molecule has 25 heavy (non-hydrogen) atoms. The van der Waals surface area contributed by atoms with Crippen molar-refractivity contribution in [2.45, 2.75) is 90.4 Å². The molecule has 4 nitrogen and oxygen atoms in total. The Balaban J connectivity index is 2.03. The third-order valence-electron chi connectivity index (χ3n) is 5.24. The molecule has 0 aliphatic carbocycles. The number of nitrogens with zero attached hydrogens (tertiary/aromatic N) is 1. The number of hydrogen-bond acceptors (Lipinski definition) is 3. The van der Waals surface area contributed by atoms with Crippen LogP contribution in [0.5, 0.6) is 0 Å². The monoisotopic (exact) mass is 353 g/mol. The molecule has 1 atom stereocenters. The van der Waals surface area contributed by atoms with E-state index in [9.17, 15) is 9.59 Å². The number of likely N-dealkylation sites (tertiary alicyclic amines) is 1. The molecule has 0 radical (unpaired) electrons. The van der Waals surface area contributed by atoms with E-state index in [-0.39, 0.29) is 17.6 Å². The average molecular weight is 354 g/mol. The maximum Gasteiger partial charge on any atom is 0.233 e. The highest BCUT2D eigenvalue weighted by Gasteiger charge is 2.35. The van der Waals surface area contributed by atoms with Crippen molar-refractivity contribution in [1.29, 1.82) is 0 Å². The fourth-order valence-corrected chi connectivity index (χ4v) is 3.61. The van der Waals surface area contributed by atoms with Gasteiger partial charge < -0.3 is 9.64 Å². The van der Waals surface area contributed by atoms with Crippen LogP contribution in [0.2, 0.25) is 0 Å². The number of Topliss-reactive ketones (excluding diaryl/α,β-unsaturated/α-hetero) is 1. The topological polar surface area (TPSA) is 46.6 Å². The van der Waals surface area contributed by atoms with E-state index in [1.54, 1.807) is 7.11 Å². The van der Waals surface area contributed by atoms with Crippen LogP contribution in [0.4, 0.5) is 0 Å². The second kappa shape index (κ2) is 14.3. The molecule has 0 bridgehead atoms. The third-order valence-corrected chi connectivity index (χ3v) is 5.24. The van der Waals surface area contributed by atoms with E-state index in [4.69, 9.17) is 4.74 Å². The Labute approximate surface area is 154 Å². The smallest absolute Gasteiger partial charge is 0.233 e. The standard InChI is InChI=1S/C21H39NO3/c1-3-4-5-6-7-8-9-10-11-12-16-22-17-15-19(21(22)24)20(23)14-13-18-25-2/h19H,3-18H2,1-2H3. The van der Waals surface area contributed by atoms with Gasteiger partial charge in [-0.15, -0.1) is 0 Å². The number of carbonyl (C=O) groups excluding carboxylic acids is 2. The van der Waals surface area contributed by atoms with Gasteiger partial charge in [0.1, 0.15) is 5.78 Å². The summed E-state index contributed by atoms with van der Waals surface area (Å²) in [6.45, 7) is 4.44. The van der Waals surface area contributed by atoms with Crippen molar-refractivity contribution in [3.8, 4) is 0 Å². The number of methoxy groups -OCH3 is 1. The molecule has 1 heterocycles. The van der Waals surface area contributed by atoms with E-state index in [1.165, 1.54) is 57.8 Å². The summed E-state index contributed by atoms with van der Waals surface area (Å²) in [5.74, 6) is -0.203. The molecular formula is C21H39NO3. The maximum atomic E-state index is 12.3. The Kier molecular flexibility index (Phi) is 12.7. The fourth-order valence-electron chi connectivity index (χ4n) is 3.61. The molecule has 0 saturated carbocycles. The first kappa shape index (κ1) is 22.1. The molecule has 1 fully saturated rings. The molecule has 1 aliphatic rings. The van der Waals surface area contributed by atoms with Crippen molar-refractivity contribution in [2.24, 2.45) is 5.92 Å². The largest absolute Gasteiger partial charge is 0.385 e. The third kappa shape index (κ3) is 9.39. The van der Waals surface area contributed by atoms with Gasteiger partial charge in [-0.3, -0.25) is 9.59 Å². The SMILES string of the molecule is CCCCCCCCCCCCN1CCC(C(=O)CCCOC)C1=O. The van der Waals surface area contributed by atoms with E-state index in [1.807, 2.05) is 4.90 Å². The second-order valence-electron chi connectivity index (χ2n) is 7.41. The van der Waals surface area contributed by atoms with Crippen LogP contribution in [0.15, 0.2) is 0 Å². The lowest BCUT2D eigenvalue weighted by molar-refractivity contribution is -0.137. The zero-order valence-corrected chi connectivity index (χ0v) is 16.6. The molecule has 0 aromatic rings. The normalized spacial score (nSPS) is 17.4. The molecule has 0 spiro atoms. The van der Waals surface area contributed by atoms with Gasteiger partial charge in [-0.05, 0) is 19.3 Å². The van der Waals surface area contributed by atoms with Crippen molar-refractivity contribution in [3.05, 3.63) is 0 Å². The Hall–Kier alpha value is -0.900. The van der Waals surface area contributed by atoms with Crippen LogP contribution < -0.4 is 0 Å². The number of ketones is 1. The summed E-state index contributed by atoms with van der Waals surface area (Å²) < 4.78 is 4.97. The predicted molar refractivity (Wildman–Crippen MR) is 103 cm³/mol. The van der Waals surface area contributed by atoms with E-state index < -0.39 is 0 Å². The molecular weight excluding hydrogens is 314 g/mol. The second-order valence-corrected chi connectivity index (χ2v) is 7.41. The first-order chi connectivity index (χ1) is 12.2. The quantitative estimate of drug-likeness (QED) is 0.297. The lowest BCUT2D eigenvalue weighted by atomic mass is 9.99. The first-order valence-electron chi connectivity index (χ1n) is 10.5. The molecule has 1 saturated heterocycles. The van der Waals surface area contributed by atoms with Crippen LogP contribution in [-0.4, -0.2) is 43.4 Å². The van der Waals surface area contributed by atoms with E-state index in [0.717, 1.165) is 25.9 Å². The highest BCUT2D eigenvalue weighted by Crippen LogP contribution is 2.21. The Morgan fingerprint density at radius 1 is 1.00 bits per heavy atom. The van der Waals surface area contributed by atoms with Crippen LogP contribution in [0.25, 0.3) is 0 Å². The van der Waals surface area contributed by atoms with Crippen LogP contribution >= 0.6 is 0 Å².